The number of carbonyl (C=O) groups excluding carboxylic acids is 2. The first-order valence-corrected chi connectivity index (χ1v) is 9.31. The second kappa shape index (κ2) is 6.83. The molecule has 28 heavy (non-hydrogen) atoms. The van der Waals surface area contributed by atoms with Crippen LogP contribution in [0.3, 0.4) is 0 Å². The molecule has 8 heteroatoms. The van der Waals surface area contributed by atoms with E-state index in [9.17, 15) is 14.0 Å². The lowest BCUT2D eigenvalue weighted by Crippen LogP contribution is -2.76. The monoisotopic (exact) mass is 403 g/mol. The van der Waals surface area contributed by atoms with Gasteiger partial charge in [0.1, 0.15) is 6.54 Å². The van der Waals surface area contributed by atoms with Crippen molar-refractivity contribution in [3.05, 3.63) is 58.5 Å². The van der Waals surface area contributed by atoms with Crippen LogP contribution >= 0.6 is 11.6 Å². The van der Waals surface area contributed by atoms with Gasteiger partial charge in [-0.25, -0.2) is 9.37 Å². The molecule has 1 atom stereocenters. The average molecular weight is 404 g/mol. The lowest BCUT2D eigenvalue weighted by atomic mass is 9.87. The normalized spacial score (nSPS) is 19.7. The number of ether oxygens (including phenoxy) is 1. The van der Waals surface area contributed by atoms with Gasteiger partial charge in [-0.15, -0.1) is 0 Å². The predicted molar refractivity (Wildman–Crippen MR) is 102 cm³/mol. The van der Waals surface area contributed by atoms with Gasteiger partial charge in [-0.1, -0.05) is 23.7 Å². The van der Waals surface area contributed by atoms with Gasteiger partial charge < -0.3 is 9.64 Å². The van der Waals surface area contributed by atoms with Crippen LogP contribution in [0.1, 0.15) is 24.1 Å². The molecule has 2 aliphatic rings. The molecule has 0 aliphatic carbocycles. The molecule has 146 valence electrons. The Hall–Kier alpha value is -2.51. The van der Waals surface area contributed by atoms with Crippen LogP contribution < -0.4 is 4.90 Å². The molecule has 2 aliphatic heterocycles. The van der Waals surface area contributed by atoms with Gasteiger partial charge in [-0.2, -0.15) is 0 Å². The maximum absolute atomic E-state index is 14.4. The number of aromatic nitrogens is 1. The number of pyridine rings is 1. The second-order valence-corrected chi connectivity index (χ2v) is 7.66. The zero-order chi connectivity index (χ0) is 20.1. The highest BCUT2D eigenvalue weighted by Gasteiger charge is 2.59. The number of aryl methyl sites for hydroxylation is 1. The molecule has 0 unspecified atom stereocenters. The van der Waals surface area contributed by atoms with E-state index in [1.807, 2.05) is 19.1 Å². The first kappa shape index (κ1) is 18.8. The highest BCUT2D eigenvalue weighted by Crippen LogP contribution is 2.39. The van der Waals surface area contributed by atoms with Crippen LogP contribution in [0.2, 0.25) is 5.02 Å². The summed E-state index contributed by atoms with van der Waals surface area (Å²) in [4.78, 5) is 33.2. The Morgan fingerprint density at radius 2 is 1.93 bits per heavy atom. The van der Waals surface area contributed by atoms with E-state index in [-0.39, 0.29) is 43.4 Å². The molecule has 0 radical (unpaired) electrons. The number of benzene rings is 1. The van der Waals surface area contributed by atoms with E-state index < -0.39 is 11.4 Å². The van der Waals surface area contributed by atoms with Gasteiger partial charge in [0.15, 0.2) is 17.2 Å². The molecule has 6 nitrogen and oxygen atoms in total. The third-order valence-corrected chi connectivity index (χ3v) is 5.55. The first-order chi connectivity index (χ1) is 13.3. The van der Waals surface area contributed by atoms with Crippen LogP contribution in [0.4, 0.5) is 10.2 Å². The summed E-state index contributed by atoms with van der Waals surface area (Å²) in [6.07, 6.45) is 1.48. The van der Waals surface area contributed by atoms with Crippen molar-refractivity contribution in [2.45, 2.75) is 25.4 Å². The van der Waals surface area contributed by atoms with Gasteiger partial charge in [0.25, 0.3) is 5.91 Å². The molecule has 1 aromatic carbocycles. The van der Waals surface area contributed by atoms with Crippen LogP contribution in [-0.4, -0.2) is 47.0 Å². The van der Waals surface area contributed by atoms with Gasteiger partial charge in [0, 0.05) is 11.2 Å². The standard InChI is InChI=1S/C20H19ClFN3O3/c1-12-7-16(22)18(23-8-12)24-9-17(26)25(20(19(24)27)10-28-11-20)13(2)14-3-5-15(21)6-4-14/h3-8,13H,9-11H2,1-2H3/t13-/m0/s1. The fourth-order valence-electron chi connectivity index (χ4n) is 3.81. The third kappa shape index (κ3) is 2.86. The summed E-state index contributed by atoms with van der Waals surface area (Å²) < 4.78 is 19.8. The SMILES string of the molecule is Cc1cnc(N2CC(=O)N([C@@H](C)c3ccc(Cl)cc3)C3(COC3)C2=O)c(F)c1. The average Bonchev–Trinajstić information content (AvgIpc) is 2.62. The van der Waals surface area contributed by atoms with E-state index >= 15 is 0 Å². The summed E-state index contributed by atoms with van der Waals surface area (Å²) >= 11 is 5.96. The molecule has 0 bridgehead atoms. The molecular weight excluding hydrogens is 385 g/mol. The van der Waals surface area contributed by atoms with Gasteiger partial charge in [-0.3, -0.25) is 14.5 Å². The topological polar surface area (TPSA) is 62.7 Å². The van der Waals surface area contributed by atoms with E-state index in [1.165, 1.54) is 12.3 Å². The molecule has 3 heterocycles. The number of rotatable bonds is 3. The van der Waals surface area contributed by atoms with Gasteiger partial charge >= 0.3 is 0 Å². The van der Waals surface area contributed by atoms with Crippen LogP contribution in [0.5, 0.6) is 0 Å². The summed E-state index contributed by atoms with van der Waals surface area (Å²) in [7, 11) is 0. The van der Waals surface area contributed by atoms with Crippen molar-refractivity contribution >= 4 is 29.2 Å². The quantitative estimate of drug-likeness (QED) is 0.790. The first-order valence-electron chi connectivity index (χ1n) is 8.93. The number of nitrogens with zero attached hydrogens (tertiary/aromatic N) is 3. The van der Waals surface area contributed by atoms with Crippen molar-refractivity contribution in [3.63, 3.8) is 0 Å². The molecule has 2 fully saturated rings. The number of hydrogen-bond acceptors (Lipinski definition) is 4. The number of carbonyl (C=O) groups is 2. The van der Waals surface area contributed by atoms with E-state index in [2.05, 4.69) is 4.98 Å². The third-order valence-electron chi connectivity index (χ3n) is 5.30. The Balaban J connectivity index is 1.71. The Morgan fingerprint density at radius 3 is 2.50 bits per heavy atom. The number of halogens is 2. The second-order valence-electron chi connectivity index (χ2n) is 7.23. The zero-order valence-electron chi connectivity index (χ0n) is 15.5. The highest BCUT2D eigenvalue weighted by atomic mass is 35.5. The Morgan fingerprint density at radius 1 is 1.25 bits per heavy atom. The summed E-state index contributed by atoms with van der Waals surface area (Å²) in [5, 5.41) is 0.589. The van der Waals surface area contributed by atoms with E-state index in [0.717, 1.165) is 10.5 Å². The highest BCUT2D eigenvalue weighted by molar-refractivity contribution is 6.30. The lowest BCUT2D eigenvalue weighted by Gasteiger charge is -2.54. The minimum absolute atomic E-state index is 0.0689. The van der Waals surface area contributed by atoms with Crippen molar-refractivity contribution in [1.82, 2.24) is 9.88 Å². The van der Waals surface area contributed by atoms with Crippen LogP contribution in [0.15, 0.2) is 36.5 Å². The molecule has 2 aromatic rings. The summed E-state index contributed by atoms with van der Waals surface area (Å²) in [6.45, 7) is 3.43. The minimum atomic E-state index is -1.16. The molecule has 4 rings (SSSR count). The largest absolute Gasteiger partial charge is 0.375 e. The summed E-state index contributed by atoms with van der Waals surface area (Å²) in [6, 6.07) is 8.07. The number of amides is 2. The van der Waals surface area contributed by atoms with Crippen LogP contribution in [-0.2, 0) is 14.3 Å². The van der Waals surface area contributed by atoms with Crippen molar-refractivity contribution < 1.29 is 18.7 Å². The molecule has 0 saturated carbocycles. The molecular formula is C20H19ClFN3O3. The van der Waals surface area contributed by atoms with Crippen LogP contribution in [0, 0.1) is 12.7 Å². The van der Waals surface area contributed by atoms with Gasteiger partial charge in [0.05, 0.1) is 19.3 Å². The van der Waals surface area contributed by atoms with E-state index in [4.69, 9.17) is 16.3 Å². The molecule has 2 amide bonds. The molecule has 1 spiro atoms. The lowest BCUT2D eigenvalue weighted by molar-refractivity contribution is -0.188. The Bertz CT molecular complexity index is 946. The maximum atomic E-state index is 14.4. The maximum Gasteiger partial charge on any atom is 0.259 e. The summed E-state index contributed by atoms with van der Waals surface area (Å²) in [5.74, 6) is -1.42. The molecule has 1 aromatic heterocycles. The van der Waals surface area contributed by atoms with Crippen molar-refractivity contribution in [3.8, 4) is 0 Å². The van der Waals surface area contributed by atoms with Crippen molar-refractivity contribution in [2.75, 3.05) is 24.7 Å². The van der Waals surface area contributed by atoms with Gasteiger partial charge in [0.2, 0.25) is 5.91 Å². The number of hydrogen-bond donors (Lipinski definition) is 0. The Kier molecular flexibility index (Phi) is 4.59. The smallest absolute Gasteiger partial charge is 0.259 e. The number of piperazine rings is 1. The van der Waals surface area contributed by atoms with Crippen molar-refractivity contribution in [2.24, 2.45) is 0 Å². The van der Waals surface area contributed by atoms with Crippen molar-refractivity contribution in [1.29, 1.82) is 0 Å². The molecule has 0 N–H and O–H groups in total. The fraction of sp³-hybridized carbons (Fsp3) is 0.350. The summed E-state index contributed by atoms with van der Waals surface area (Å²) in [5.41, 5.74) is 0.328. The predicted octanol–water partition coefficient (Wildman–Crippen LogP) is 2.89. The minimum Gasteiger partial charge on any atom is -0.375 e. The van der Waals surface area contributed by atoms with E-state index in [1.54, 1.807) is 24.0 Å². The number of anilines is 1. The van der Waals surface area contributed by atoms with E-state index in [0.29, 0.717) is 10.6 Å². The zero-order valence-corrected chi connectivity index (χ0v) is 16.2. The Labute approximate surface area is 166 Å². The fourth-order valence-corrected chi connectivity index (χ4v) is 3.93. The van der Waals surface area contributed by atoms with Crippen LogP contribution in [0.25, 0.3) is 0 Å². The van der Waals surface area contributed by atoms with Gasteiger partial charge in [-0.05, 0) is 43.2 Å². The molecule has 2 saturated heterocycles.